The van der Waals surface area contributed by atoms with Crippen molar-refractivity contribution in [2.75, 3.05) is 0 Å². The summed E-state index contributed by atoms with van der Waals surface area (Å²) in [6.45, 7) is 2.05. The van der Waals surface area contributed by atoms with Crippen molar-refractivity contribution in [2.24, 2.45) is 0 Å². The first-order valence-corrected chi connectivity index (χ1v) is 7.26. The molecule has 0 bridgehead atoms. The van der Waals surface area contributed by atoms with Crippen molar-refractivity contribution in [3.05, 3.63) is 71.3 Å². The lowest BCUT2D eigenvalue weighted by Crippen LogP contribution is -2.30. The Morgan fingerprint density at radius 3 is 2.23 bits per heavy atom. The maximum atomic E-state index is 12.3. The van der Waals surface area contributed by atoms with Gasteiger partial charge >= 0.3 is 5.97 Å². The summed E-state index contributed by atoms with van der Waals surface area (Å²) >= 11 is 0. The SMILES string of the molecule is CCc1ccc(C(=O)N[C@H](CC(=O)O)c2ccccc2)cc1. The van der Waals surface area contributed by atoms with Crippen molar-refractivity contribution in [1.29, 1.82) is 0 Å². The number of carbonyl (C=O) groups excluding carboxylic acids is 1. The third-order valence-corrected chi connectivity index (χ3v) is 3.51. The van der Waals surface area contributed by atoms with E-state index in [4.69, 9.17) is 5.11 Å². The van der Waals surface area contributed by atoms with E-state index in [2.05, 4.69) is 5.32 Å². The predicted octanol–water partition coefficient (Wildman–Crippen LogP) is 3.19. The molecule has 0 heterocycles. The summed E-state index contributed by atoms with van der Waals surface area (Å²) in [6, 6.07) is 15.9. The molecule has 0 saturated carbocycles. The third-order valence-electron chi connectivity index (χ3n) is 3.51. The molecule has 114 valence electrons. The normalized spacial score (nSPS) is 11.7. The Labute approximate surface area is 129 Å². The number of amides is 1. The Kier molecular flexibility index (Phi) is 5.31. The summed E-state index contributed by atoms with van der Waals surface area (Å²) in [5, 5.41) is 11.8. The van der Waals surface area contributed by atoms with Crippen LogP contribution in [0.4, 0.5) is 0 Å². The van der Waals surface area contributed by atoms with Crippen LogP contribution in [0.3, 0.4) is 0 Å². The number of benzene rings is 2. The Morgan fingerprint density at radius 2 is 1.68 bits per heavy atom. The number of rotatable bonds is 6. The molecule has 2 aromatic carbocycles. The molecule has 2 aromatic rings. The average Bonchev–Trinajstić information content (AvgIpc) is 2.54. The zero-order valence-electron chi connectivity index (χ0n) is 12.5. The maximum absolute atomic E-state index is 12.3. The van der Waals surface area contributed by atoms with Gasteiger partial charge in [0, 0.05) is 5.56 Å². The Hall–Kier alpha value is -2.62. The first-order chi connectivity index (χ1) is 10.6. The van der Waals surface area contributed by atoms with Gasteiger partial charge in [-0.1, -0.05) is 49.4 Å². The molecule has 4 nitrogen and oxygen atoms in total. The monoisotopic (exact) mass is 297 g/mol. The van der Waals surface area contributed by atoms with E-state index in [1.54, 1.807) is 12.1 Å². The second kappa shape index (κ2) is 7.41. The van der Waals surface area contributed by atoms with E-state index in [0.717, 1.165) is 17.5 Å². The Morgan fingerprint density at radius 1 is 1.05 bits per heavy atom. The molecule has 0 aliphatic heterocycles. The first kappa shape index (κ1) is 15.8. The molecule has 0 unspecified atom stereocenters. The van der Waals surface area contributed by atoms with E-state index < -0.39 is 12.0 Å². The van der Waals surface area contributed by atoms with Crippen molar-refractivity contribution in [3.8, 4) is 0 Å². The fourth-order valence-corrected chi connectivity index (χ4v) is 2.25. The van der Waals surface area contributed by atoms with Crippen LogP contribution in [0.1, 0.15) is 40.9 Å². The lowest BCUT2D eigenvalue weighted by atomic mass is 10.0. The molecule has 2 rings (SSSR count). The van der Waals surface area contributed by atoms with Crippen LogP contribution in [-0.4, -0.2) is 17.0 Å². The van der Waals surface area contributed by atoms with E-state index in [-0.39, 0.29) is 12.3 Å². The highest BCUT2D eigenvalue weighted by Gasteiger charge is 2.18. The minimum Gasteiger partial charge on any atom is -0.481 e. The van der Waals surface area contributed by atoms with Crippen molar-refractivity contribution < 1.29 is 14.7 Å². The second-order valence-electron chi connectivity index (χ2n) is 5.09. The highest BCUT2D eigenvalue weighted by atomic mass is 16.4. The number of carboxylic acids is 1. The minimum atomic E-state index is -0.949. The number of carboxylic acid groups (broad SMARTS) is 1. The molecule has 0 aliphatic rings. The van der Waals surface area contributed by atoms with Gasteiger partial charge in [-0.25, -0.2) is 0 Å². The van der Waals surface area contributed by atoms with Crippen LogP contribution in [0.5, 0.6) is 0 Å². The number of hydrogen-bond acceptors (Lipinski definition) is 2. The minimum absolute atomic E-state index is 0.150. The van der Waals surface area contributed by atoms with Crippen LogP contribution in [0, 0.1) is 0 Å². The molecule has 0 aromatic heterocycles. The van der Waals surface area contributed by atoms with Crippen LogP contribution < -0.4 is 5.32 Å². The summed E-state index contributed by atoms with van der Waals surface area (Å²) in [7, 11) is 0. The molecular weight excluding hydrogens is 278 g/mol. The molecule has 0 spiro atoms. The van der Waals surface area contributed by atoms with Gasteiger partial charge in [0.1, 0.15) is 0 Å². The van der Waals surface area contributed by atoms with Crippen molar-refractivity contribution >= 4 is 11.9 Å². The quantitative estimate of drug-likeness (QED) is 0.860. The largest absolute Gasteiger partial charge is 0.481 e. The fraction of sp³-hybridized carbons (Fsp3) is 0.222. The van der Waals surface area contributed by atoms with Gasteiger partial charge in [0.05, 0.1) is 12.5 Å². The van der Waals surface area contributed by atoms with Crippen molar-refractivity contribution in [3.63, 3.8) is 0 Å². The highest BCUT2D eigenvalue weighted by Crippen LogP contribution is 2.17. The van der Waals surface area contributed by atoms with Gasteiger partial charge in [-0.15, -0.1) is 0 Å². The van der Waals surface area contributed by atoms with Gasteiger partial charge in [-0.05, 0) is 29.7 Å². The van der Waals surface area contributed by atoms with Gasteiger partial charge in [0.2, 0.25) is 0 Å². The zero-order chi connectivity index (χ0) is 15.9. The standard InChI is InChI=1S/C18H19NO3/c1-2-13-8-10-15(11-9-13)18(22)19-16(12-17(20)21)14-6-4-3-5-7-14/h3-11,16H,2,12H2,1H3,(H,19,22)(H,20,21)/t16-/m1/s1. The Bertz CT molecular complexity index is 635. The zero-order valence-corrected chi connectivity index (χ0v) is 12.5. The Balaban J connectivity index is 2.15. The van der Waals surface area contributed by atoms with Gasteiger partial charge in [0.15, 0.2) is 0 Å². The first-order valence-electron chi connectivity index (χ1n) is 7.26. The van der Waals surface area contributed by atoms with E-state index >= 15 is 0 Å². The van der Waals surface area contributed by atoms with Gasteiger partial charge in [-0.3, -0.25) is 9.59 Å². The lowest BCUT2D eigenvalue weighted by Gasteiger charge is -2.17. The second-order valence-corrected chi connectivity index (χ2v) is 5.09. The van der Waals surface area contributed by atoms with E-state index in [1.165, 1.54) is 0 Å². The predicted molar refractivity (Wildman–Crippen MR) is 84.7 cm³/mol. The van der Waals surface area contributed by atoms with Crippen LogP contribution in [0.25, 0.3) is 0 Å². The molecule has 1 amide bonds. The molecule has 0 saturated heterocycles. The van der Waals surface area contributed by atoms with E-state index in [9.17, 15) is 9.59 Å². The molecule has 1 atom stereocenters. The summed E-state index contributed by atoms with van der Waals surface area (Å²) in [5.41, 5.74) is 2.47. The topological polar surface area (TPSA) is 66.4 Å². The molecule has 4 heteroatoms. The lowest BCUT2D eigenvalue weighted by molar-refractivity contribution is -0.137. The molecular formula is C18H19NO3. The summed E-state index contributed by atoms with van der Waals surface area (Å²) in [5.74, 6) is -1.21. The average molecular weight is 297 g/mol. The number of hydrogen-bond donors (Lipinski definition) is 2. The summed E-state index contributed by atoms with van der Waals surface area (Å²) in [4.78, 5) is 23.3. The van der Waals surface area contributed by atoms with Crippen LogP contribution in [0.15, 0.2) is 54.6 Å². The van der Waals surface area contributed by atoms with E-state index in [1.807, 2.05) is 49.4 Å². The van der Waals surface area contributed by atoms with Crippen LogP contribution in [0.2, 0.25) is 0 Å². The third kappa shape index (κ3) is 4.19. The number of aliphatic carboxylic acids is 1. The van der Waals surface area contributed by atoms with Crippen molar-refractivity contribution in [2.45, 2.75) is 25.8 Å². The number of aryl methyl sites for hydroxylation is 1. The molecule has 22 heavy (non-hydrogen) atoms. The van der Waals surface area contributed by atoms with Crippen molar-refractivity contribution in [1.82, 2.24) is 5.32 Å². The van der Waals surface area contributed by atoms with Gasteiger partial charge in [-0.2, -0.15) is 0 Å². The number of carbonyl (C=O) groups is 2. The summed E-state index contributed by atoms with van der Waals surface area (Å²) < 4.78 is 0. The van der Waals surface area contributed by atoms with E-state index in [0.29, 0.717) is 5.56 Å². The van der Waals surface area contributed by atoms with Gasteiger partial charge in [0.25, 0.3) is 5.91 Å². The molecule has 0 fully saturated rings. The summed E-state index contributed by atoms with van der Waals surface area (Å²) in [6.07, 6.45) is 0.760. The number of nitrogens with one attached hydrogen (secondary N) is 1. The highest BCUT2D eigenvalue weighted by molar-refractivity contribution is 5.94. The van der Waals surface area contributed by atoms with Crippen LogP contribution in [-0.2, 0) is 11.2 Å². The van der Waals surface area contributed by atoms with Crippen LogP contribution >= 0.6 is 0 Å². The maximum Gasteiger partial charge on any atom is 0.305 e. The van der Waals surface area contributed by atoms with Gasteiger partial charge < -0.3 is 10.4 Å². The fourth-order valence-electron chi connectivity index (χ4n) is 2.25. The molecule has 2 N–H and O–H groups in total. The molecule has 0 aliphatic carbocycles. The smallest absolute Gasteiger partial charge is 0.305 e. The molecule has 0 radical (unpaired) electrons.